The summed E-state index contributed by atoms with van der Waals surface area (Å²) in [6.45, 7) is 2.80. The second-order valence-corrected chi connectivity index (χ2v) is 4.71. The predicted octanol–water partition coefficient (Wildman–Crippen LogP) is 1.92. The molecule has 3 aromatic heterocycles. The number of H-pyrrole nitrogens is 1. The molecule has 3 heterocycles. The van der Waals surface area contributed by atoms with Crippen molar-refractivity contribution in [1.29, 1.82) is 0 Å². The van der Waals surface area contributed by atoms with Crippen molar-refractivity contribution in [3.63, 3.8) is 0 Å². The lowest BCUT2D eigenvalue weighted by atomic mass is 10.2. The van der Waals surface area contributed by atoms with Crippen molar-refractivity contribution in [3.05, 3.63) is 28.2 Å². The lowest BCUT2D eigenvalue weighted by Gasteiger charge is -2.06. The van der Waals surface area contributed by atoms with Crippen LogP contribution in [0.15, 0.2) is 17.1 Å². The first-order chi connectivity index (χ1) is 8.74. The molecule has 92 valence electrons. The molecule has 0 unspecified atom stereocenters. The summed E-state index contributed by atoms with van der Waals surface area (Å²) in [5, 5.41) is 7.51. The van der Waals surface area contributed by atoms with Gasteiger partial charge in [-0.15, -0.1) is 0 Å². The van der Waals surface area contributed by atoms with Gasteiger partial charge in [0.1, 0.15) is 5.52 Å². The first-order valence-corrected chi connectivity index (χ1v) is 6.40. The van der Waals surface area contributed by atoms with E-state index >= 15 is 0 Å². The first-order valence-electron chi connectivity index (χ1n) is 5.46. The van der Waals surface area contributed by atoms with Gasteiger partial charge in [0.2, 0.25) is 5.95 Å². The highest BCUT2D eigenvalue weighted by Crippen LogP contribution is 2.20. The Hall–Kier alpha value is -2.15. The molecule has 6 nitrogen and oxygen atoms in total. The number of hydrogen-bond acceptors (Lipinski definition) is 6. The van der Waals surface area contributed by atoms with E-state index in [0.29, 0.717) is 18.0 Å². The summed E-state index contributed by atoms with van der Waals surface area (Å²) in [5.74, 6) is 0.903. The second-order valence-electron chi connectivity index (χ2n) is 3.97. The van der Waals surface area contributed by atoms with Crippen LogP contribution in [0.2, 0.25) is 0 Å². The van der Waals surface area contributed by atoms with Crippen molar-refractivity contribution in [2.24, 2.45) is 0 Å². The number of hydrogen-bond donors (Lipinski definition) is 3. The number of aryl methyl sites for hydroxylation is 1. The molecule has 0 saturated heterocycles. The third-order valence-corrected chi connectivity index (χ3v) is 3.62. The van der Waals surface area contributed by atoms with Crippen LogP contribution >= 0.6 is 11.3 Å². The molecule has 0 aliphatic carbocycles. The number of nitrogens with zero attached hydrogens (tertiary/aromatic N) is 3. The third-order valence-electron chi connectivity index (χ3n) is 2.71. The Bertz CT molecular complexity index is 686. The van der Waals surface area contributed by atoms with Gasteiger partial charge in [0.25, 0.3) is 0 Å². The van der Waals surface area contributed by atoms with Gasteiger partial charge < -0.3 is 16.0 Å². The molecule has 0 radical (unpaired) electrons. The van der Waals surface area contributed by atoms with Gasteiger partial charge >= 0.3 is 0 Å². The maximum absolute atomic E-state index is 5.65. The molecule has 0 amide bonds. The van der Waals surface area contributed by atoms with Gasteiger partial charge in [-0.2, -0.15) is 21.3 Å². The van der Waals surface area contributed by atoms with Crippen LogP contribution in [0.4, 0.5) is 11.8 Å². The molecule has 3 rings (SSSR count). The molecule has 0 bridgehead atoms. The van der Waals surface area contributed by atoms with E-state index in [-0.39, 0.29) is 5.95 Å². The van der Waals surface area contributed by atoms with Crippen molar-refractivity contribution < 1.29 is 0 Å². The minimum atomic E-state index is 0.221. The lowest BCUT2D eigenvalue weighted by Crippen LogP contribution is -2.05. The number of thiophene rings is 1. The number of nitrogen functional groups attached to an aromatic ring is 1. The Kier molecular flexibility index (Phi) is 2.60. The van der Waals surface area contributed by atoms with E-state index in [9.17, 15) is 0 Å². The molecular formula is C11H12N6S. The highest BCUT2D eigenvalue weighted by molar-refractivity contribution is 7.08. The first kappa shape index (κ1) is 11.0. The molecule has 3 aromatic rings. The van der Waals surface area contributed by atoms with Crippen molar-refractivity contribution in [1.82, 2.24) is 19.9 Å². The fourth-order valence-corrected chi connectivity index (χ4v) is 2.58. The van der Waals surface area contributed by atoms with E-state index in [1.807, 2.05) is 0 Å². The molecule has 0 fully saturated rings. The topological polar surface area (TPSA) is 92.5 Å². The highest BCUT2D eigenvalue weighted by Gasteiger charge is 2.08. The second kappa shape index (κ2) is 4.26. The third kappa shape index (κ3) is 1.88. The van der Waals surface area contributed by atoms with Crippen LogP contribution in [0.3, 0.4) is 0 Å². The Morgan fingerprint density at radius 1 is 1.39 bits per heavy atom. The number of nitrogens with two attached hydrogens (primary N) is 1. The van der Waals surface area contributed by atoms with Crippen molar-refractivity contribution >= 4 is 34.3 Å². The zero-order valence-electron chi connectivity index (χ0n) is 9.77. The van der Waals surface area contributed by atoms with E-state index < -0.39 is 0 Å². The summed E-state index contributed by atoms with van der Waals surface area (Å²) in [6, 6.07) is 0. The van der Waals surface area contributed by atoms with Crippen molar-refractivity contribution in [3.8, 4) is 0 Å². The van der Waals surface area contributed by atoms with E-state index in [4.69, 9.17) is 5.73 Å². The van der Waals surface area contributed by atoms with E-state index in [0.717, 1.165) is 5.52 Å². The Morgan fingerprint density at radius 2 is 2.28 bits per heavy atom. The Morgan fingerprint density at radius 3 is 3.06 bits per heavy atom. The Balaban J connectivity index is 1.90. The quantitative estimate of drug-likeness (QED) is 0.669. The zero-order chi connectivity index (χ0) is 12.5. The summed E-state index contributed by atoms with van der Waals surface area (Å²) < 4.78 is 0. The van der Waals surface area contributed by atoms with Gasteiger partial charge in [0.15, 0.2) is 11.5 Å². The van der Waals surface area contributed by atoms with E-state index in [2.05, 4.69) is 42.9 Å². The number of aromatic nitrogens is 4. The molecule has 0 saturated carbocycles. The van der Waals surface area contributed by atoms with E-state index in [1.54, 1.807) is 17.7 Å². The predicted molar refractivity (Wildman–Crippen MR) is 72.5 cm³/mol. The van der Waals surface area contributed by atoms with Crippen LogP contribution in [0.1, 0.15) is 11.1 Å². The van der Waals surface area contributed by atoms with Crippen molar-refractivity contribution in [2.45, 2.75) is 13.5 Å². The fraction of sp³-hybridized carbons (Fsp3) is 0.182. The van der Waals surface area contributed by atoms with Gasteiger partial charge in [-0.05, 0) is 28.8 Å². The maximum Gasteiger partial charge on any atom is 0.224 e. The molecule has 0 spiro atoms. The van der Waals surface area contributed by atoms with Crippen molar-refractivity contribution in [2.75, 3.05) is 11.1 Å². The van der Waals surface area contributed by atoms with Gasteiger partial charge in [-0.25, -0.2) is 4.98 Å². The normalized spacial score (nSPS) is 10.9. The minimum absolute atomic E-state index is 0.221. The largest absolute Gasteiger partial charge is 0.368 e. The molecule has 0 aliphatic heterocycles. The monoisotopic (exact) mass is 260 g/mol. The zero-order valence-corrected chi connectivity index (χ0v) is 10.6. The highest BCUT2D eigenvalue weighted by atomic mass is 32.1. The van der Waals surface area contributed by atoms with Crippen LogP contribution < -0.4 is 11.1 Å². The summed E-state index contributed by atoms with van der Waals surface area (Å²) in [4.78, 5) is 15.3. The van der Waals surface area contributed by atoms with Gasteiger partial charge in [0, 0.05) is 6.54 Å². The van der Waals surface area contributed by atoms with Gasteiger partial charge in [-0.1, -0.05) is 0 Å². The molecule has 18 heavy (non-hydrogen) atoms. The number of nitrogens with one attached hydrogen (secondary N) is 2. The number of aromatic amines is 1. The number of fused-ring (bicyclic) bond motifs is 1. The summed E-state index contributed by atoms with van der Waals surface area (Å²) >= 11 is 1.69. The smallest absolute Gasteiger partial charge is 0.224 e. The number of rotatable bonds is 3. The molecule has 0 atom stereocenters. The SMILES string of the molecule is Cc1cscc1CNc1nc(N)nc2nc[nH]c12. The number of anilines is 2. The Labute approximate surface area is 107 Å². The van der Waals surface area contributed by atoms with Crippen LogP contribution in [-0.2, 0) is 6.54 Å². The summed E-state index contributed by atoms with van der Waals surface area (Å²) in [7, 11) is 0. The average Bonchev–Trinajstić information content (AvgIpc) is 2.94. The van der Waals surface area contributed by atoms with Gasteiger partial charge in [-0.3, -0.25) is 0 Å². The molecule has 4 N–H and O–H groups in total. The molecular weight excluding hydrogens is 248 g/mol. The summed E-state index contributed by atoms with van der Waals surface area (Å²) in [6.07, 6.45) is 1.58. The average molecular weight is 260 g/mol. The summed E-state index contributed by atoms with van der Waals surface area (Å²) in [5.41, 5.74) is 9.53. The molecule has 0 aliphatic rings. The number of imidazole rings is 1. The van der Waals surface area contributed by atoms with Crippen LogP contribution in [0.5, 0.6) is 0 Å². The molecule has 0 aromatic carbocycles. The minimum Gasteiger partial charge on any atom is -0.368 e. The van der Waals surface area contributed by atoms with Crippen LogP contribution in [0.25, 0.3) is 11.2 Å². The fourth-order valence-electron chi connectivity index (χ4n) is 1.72. The maximum atomic E-state index is 5.65. The van der Waals surface area contributed by atoms with Gasteiger partial charge in [0.05, 0.1) is 6.33 Å². The molecule has 7 heteroatoms. The lowest BCUT2D eigenvalue weighted by molar-refractivity contribution is 1.10. The van der Waals surface area contributed by atoms with Crippen LogP contribution in [0, 0.1) is 6.92 Å². The van der Waals surface area contributed by atoms with Crippen LogP contribution in [-0.4, -0.2) is 19.9 Å². The standard InChI is InChI=1S/C11H12N6S/c1-6-3-18-4-7(6)2-13-9-8-10(15-5-14-8)17-11(12)16-9/h3-5H,2H2,1H3,(H4,12,13,14,15,16,17). The van der Waals surface area contributed by atoms with E-state index in [1.165, 1.54) is 11.1 Å².